The highest BCUT2D eigenvalue weighted by Crippen LogP contribution is 2.34. The number of aryl methyl sites for hydroxylation is 1. The summed E-state index contributed by atoms with van der Waals surface area (Å²) in [6, 6.07) is 6.61. The van der Waals surface area contributed by atoms with Crippen LogP contribution in [0.25, 0.3) is 11.1 Å². The smallest absolute Gasteiger partial charge is 0.336 e. The molecule has 0 atom stereocenters. The number of benzene rings is 2. The van der Waals surface area contributed by atoms with Gasteiger partial charge in [0.2, 0.25) is 0 Å². The van der Waals surface area contributed by atoms with E-state index < -0.39 is 17.8 Å². The van der Waals surface area contributed by atoms with Crippen molar-refractivity contribution in [3.8, 4) is 16.9 Å². The monoisotopic (exact) mass is 332 g/mol. The number of hydrogen-bond acceptors (Lipinski definition) is 3. The Morgan fingerprint density at radius 3 is 2.25 bits per heavy atom. The first kappa shape index (κ1) is 17.5. The Labute approximate surface area is 138 Å². The minimum absolute atomic E-state index is 0.0930. The molecule has 0 bridgehead atoms. The van der Waals surface area contributed by atoms with Crippen LogP contribution in [0.15, 0.2) is 30.3 Å². The van der Waals surface area contributed by atoms with Gasteiger partial charge < -0.3 is 14.9 Å². The van der Waals surface area contributed by atoms with Gasteiger partial charge in [-0.3, -0.25) is 0 Å². The topological polar surface area (TPSA) is 83.8 Å². The van der Waals surface area contributed by atoms with E-state index in [9.17, 15) is 24.2 Å². The average molecular weight is 332 g/mol. The molecule has 2 aromatic carbocycles. The second-order valence-corrected chi connectivity index (χ2v) is 5.60. The molecule has 0 heterocycles. The van der Waals surface area contributed by atoms with Gasteiger partial charge in [-0.15, -0.1) is 0 Å². The van der Waals surface area contributed by atoms with Crippen molar-refractivity contribution >= 4 is 11.9 Å². The highest BCUT2D eigenvalue weighted by atomic mass is 19.1. The zero-order valence-corrected chi connectivity index (χ0v) is 13.5. The molecule has 0 saturated heterocycles. The molecule has 0 radical (unpaired) electrons. The largest absolute Gasteiger partial charge is 0.491 e. The van der Waals surface area contributed by atoms with E-state index in [4.69, 9.17) is 4.74 Å². The molecule has 0 aliphatic rings. The van der Waals surface area contributed by atoms with Crippen molar-refractivity contribution in [2.75, 3.05) is 0 Å². The highest BCUT2D eigenvalue weighted by Gasteiger charge is 2.24. The second kappa shape index (κ2) is 6.70. The normalized spacial score (nSPS) is 10.7. The van der Waals surface area contributed by atoms with Gasteiger partial charge in [0.1, 0.15) is 11.6 Å². The van der Waals surface area contributed by atoms with Crippen molar-refractivity contribution in [3.63, 3.8) is 0 Å². The molecule has 2 N–H and O–H groups in total. The zero-order chi connectivity index (χ0) is 18.0. The summed E-state index contributed by atoms with van der Waals surface area (Å²) in [5, 5.41) is 18.8. The molecule has 0 spiro atoms. The molecule has 0 fully saturated rings. The number of aromatic carboxylic acids is 2. The van der Waals surface area contributed by atoms with Crippen molar-refractivity contribution in [3.05, 3.63) is 52.8 Å². The summed E-state index contributed by atoms with van der Waals surface area (Å²) < 4.78 is 19.9. The Morgan fingerprint density at radius 2 is 1.75 bits per heavy atom. The second-order valence-electron chi connectivity index (χ2n) is 5.60. The minimum Gasteiger partial charge on any atom is -0.491 e. The third kappa shape index (κ3) is 3.37. The summed E-state index contributed by atoms with van der Waals surface area (Å²) in [6.45, 7) is 5.11. The zero-order valence-electron chi connectivity index (χ0n) is 13.5. The van der Waals surface area contributed by atoms with E-state index in [2.05, 4.69) is 0 Å². The predicted octanol–water partition coefficient (Wildman–Crippen LogP) is 3.98. The fraction of sp³-hybridized carbons (Fsp3) is 0.222. The first-order chi connectivity index (χ1) is 11.2. The van der Waals surface area contributed by atoms with Gasteiger partial charge in [-0.05, 0) is 44.5 Å². The summed E-state index contributed by atoms with van der Waals surface area (Å²) in [4.78, 5) is 23.0. The number of hydrogen-bond donors (Lipinski definition) is 2. The number of ether oxygens (including phenoxy) is 1. The summed E-state index contributed by atoms with van der Waals surface area (Å²) in [6.07, 6.45) is -0.154. The van der Waals surface area contributed by atoms with Crippen LogP contribution in [-0.2, 0) is 0 Å². The highest BCUT2D eigenvalue weighted by molar-refractivity contribution is 6.05. The van der Waals surface area contributed by atoms with Crippen molar-refractivity contribution in [2.45, 2.75) is 26.9 Å². The molecule has 5 nitrogen and oxygen atoms in total. The van der Waals surface area contributed by atoms with Gasteiger partial charge in [0.25, 0.3) is 0 Å². The van der Waals surface area contributed by atoms with E-state index in [1.807, 2.05) is 0 Å². The van der Waals surface area contributed by atoms with Crippen LogP contribution in [0.4, 0.5) is 4.39 Å². The minimum atomic E-state index is -1.32. The van der Waals surface area contributed by atoms with Gasteiger partial charge in [-0.1, -0.05) is 6.07 Å². The van der Waals surface area contributed by atoms with Gasteiger partial charge in [-0.25, -0.2) is 14.0 Å². The number of halogens is 1. The molecule has 126 valence electrons. The van der Waals surface area contributed by atoms with Crippen LogP contribution >= 0.6 is 0 Å². The van der Waals surface area contributed by atoms with Crippen LogP contribution in [0.5, 0.6) is 5.75 Å². The van der Waals surface area contributed by atoms with Gasteiger partial charge in [0.15, 0.2) is 0 Å². The van der Waals surface area contributed by atoms with Gasteiger partial charge in [-0.2, -0.15) is 0 Å². The summed E-state index contributed by atoms with van der Waals surface area (Å²) in [5.74, 6) is -3.10. The fourth-order valence-electron chi connectivity index (χ4n) is 2.48. The molecule has 0 unspecified atom stereocenters. The molecule has 0 aliphatic carbocycles. The molecule has 24 heavy (non-hydrogen) atoms. The SMILES string of the molecule is Cc1ccc(C(=O)O)c(-c2ccc(OC(C)C)cc2F)c1C(=O)O. The Hall–Kier alpha value is -2.89. The number of carboxylic acids is 2. The van der Waals surface area contributed by atoms with Crippen molar-refractivity contribution in [1.82, 2.24) is 0 Å². The van der Waals surface area contributed by atoms with Gasteiger partial charge in [0, 0.05) is 17.2 Å². The third-order valence-corrected chi connectivity index (χ3v) is 3.44. The first-order valence-electron chi connectivity index (χ1n) is 7.29. The molecular formula is C18H17FO5. The van der Waals surface area contributed by atoms with Crippen LogP contribution in [-0.4, -0.2) is 28.3 Å². The summed E-state index contributed by atoms with van der Waals surface area (Å²) in [7, 11) is 0. The number of carbonyl (C=O) groups is 2. The molecule has 0 aliphatic heterocycles. The molecule has 2 aromatic rings. The van der Waals surface area contributed by atoms with Crippen LogP contribution in [0, 0.1) is 12.7 Å². The lowest BCUT2D eigenvalue weighted by Crippen LogP contribution is -2.10. The maximum absolute atomic E-state index is 14.5. The van der Waals surface area contributed by atoms with E-state index in [0.29, 0.717) is 5.56 Å². The Balaban J connectivity index is 2.73. The fourth-order valence-corrected chi connectivity index (χ4v) is 2.48. The Kier molecular flexibility index (Phi) is 4.87. The predicted molar refractivity (Wildman–Crippen MR) is 86.3 cm³/mol. The van der Waals surface area contributed by atoms with E-state index >= 15 is 0 Å². The molecule has 0 aromatic heterocycles. The van der Waals surface area contributed by atoms with Gasteiger partial charge in [0.05, 0.1) is 17.2 Å². The lowest BCUT2D eigenvalue weighted by molar-refractivity contribution is 0.0695. The van der Waals surface area contributed by atoms with Crippen molar-refractivity contribution in [2.24, 2.45) is 0 Å². The summed E-state index contributed by atoms with van der Waals surface area (Å²) >= 11 is 0. The molecular weight excluding hydrogens is 315 g/mol. The quantitative estimate of drug-likeness (QED) is 0.865. The van der Waals surface area contributed by atoms with Crippen LogP contribution < -0.4 is 4.74 Å². The van der Waals surface area contributed by atoms with E-state index in [0.717, 1.165) is 6.07 Å². The van der Waals surface area contributed by atoms with Crippen LogP contribution in [0.3, 0.4) is 0 Å². The van der Waals surface area contributed by atoms with E-state index in [-0.39, 0.29) is 34.1 Å². The molecule has 6 heteroatoms. The third-order valence-electron chi connectivity index (χ3n) is 3.44. The Bertz CT molecular complexity index is 811. The molecule has 0 amide bonds. The number of carboxylic acid groups (broad SMARTS) is 2. The first-order valence-corrected chi connectivity index (χ1v) is 7.29. The maximum Gasteiger partial charge on any atom is 0.336 e. The summed E-state index contributed by atoms with van der Waals surface area (Å²) in [5.41, 5.74) is -0.390. The van der Waals surface area contributed by atoms with Crippen LogP contribution in [0.2, 0.25) is 0 Å². The van der Waals surface area contributed by atoms with Crippen LogP contribution in [0.1, 0.15) is 40.1 Å². The van der Waals surface area contributed by atoms with E-state index in [1.165, 1.54) is 31.2 Å². The standard InChI is InChI=1S/C18H17FO5/c1-9(2)24-11-5-7-12(14(19)8-11)16-13(17(20)21)6-4-10(3)15(16)18(22)23/h4-9H,1-3H3,(H,20,21)(H,22,23). The number of rotatable bonds is 5. The van der Waals surface area contributed by atoms with Crippen molar-refractivity contribution in [1.29, 1.82) is 0 Å². The molecule has 2 rings (SSSR count). The van der Waals surface area contributed by atoms with Gasteiger partial charge >= 0.3 is 11.9 Å². The Morgan fingerprint density at radius 1 is 1.08 bits per heavy atom. The maximum atomic E-state index is 14.5. The lowest BCUT2D eigenvalue weighted by Gasteiger charge is -2.15. The van der Waals surface area contributed by atoms with E-state index in [1.54, 1.807) is 13.8 Å². The average Bonchev–Trinajstić information content (AvgIpc) is 2.45. The lowest BCUT2D eigenvalue weighted by atomic mass is 9.91. The molecule has 0 saturated carbocycles. The van der Waals surface area contributed by atoms with Crippen molar-refractivity contribution < 1.29 is 28.9 Å².